The molecule has 0 spiro atoms. The third-order valence-corrected chi connectivity index (χ3v) is 13.0. The molecular weight excluding hydrogens is 657 g/mol. The van der Waals surface area contributed by atoms with Crippen molar-refractivity contribution in [3.63, 3.8) is 0 Å². The summed E-state index contributed by atoms with van der Waals surface area (Å²) in [4.78, 5) is 5.15. The number of hydrogen-bond acceptors (Lipinski definition) is 2. The van der Waals surface area contributed by atoms with Crippen LogP contribution in [-0.4, -0.2) is 47.8 Å². The molecule has 0 aromatic heterocycles. The van der Waals surface area contributed by atoms with Gasteiger partial charge in [-0.05, 0) is 63.1 Å². The maximum absolute atomic E-state index is 2.58. The molecule has 8 rings (SSSR count). The maximum Gasteiger partial charge on any atom is 0.209 e. The molecule has 0 fully saturated rings. The van der Waals surface area contributed by atoms with E-state index in [0.717, 1.165) is 13.1 Å². The van der Waals surface area contributed by atoms with E-state index < -0.39 is 0 Å². The quantitative estimate of drug-likeness (QED) is 0.177. The molecule has 4 heterocycles. The van der Waals surface area contributed by atoms with Crippen molar-refractivity contribution < 1.29 is 9.15 Å². The lowest BCUT2D eigenvalue weighted by Gasteiger charge is -2.31. The maximum atomic E-state index is 2.58. The Morgan fingerprint density at radius 1 is 0.444 bits per heavy atom. The zero-order valence-electron chi connectivity index (χ0n) is 33.9. The predicted molar refractivity (Wildman–Crippen MR) is 229 cm³/mol. The molecule has 274 valence electrons. The standard InChI is InChI=1S/C50H56N4/c1-47(2)35-21-11-15-25-39(35)51(9)43(47)29-19-31-45-49(5,6)37-23-13-17-27-41(37)53(45)33-34-54-42-28-18-14-24-38(42)50(7,8)46(54)32-20-30-44-48(3,4)36-22-12-16-26-40(36)52(44)10/h11-32H,33-34H2,1-10H3/q+2. The van der Waals surface area contributed by atoms with E-state index in [1.165, 1.54) is 67.8 Å². The SMILES string of the molecule is C[N+]1=C(/C=C/C=C2/N(CCN3/C(=C/C=C/C4=[N+](C)c5ccccc5C4(C)C)C(C)(C)c4ccccc43)c3ccccc3C2(C)C)C(C)(C)c2ccccc21. The van der Waals surface area contributed by atoms with Gasteiger partial charge in [-0.1, -0.05) is 113 Å². The van der Waals surface area contributed by atoms with Crippen LogP contribution in [0.1, 0.15) is 77.6 Å². The lowest BCUT2D eigenvalue weighted by atomic mass is 9.81. The molecule has 4 aliphatic rings. The van der Waals surface area contributed by atoms with E-state index in [1.807, 2.05) is 0 Å². The Kier molecular flexibility index (Phi) is 8.41. The summed E-state index contributed by atoms with van der Waals surface area (Å²) < 4.78 is 4.71. The van der Waals surface area contributed by atoms with E-state index in [4.69, 9.17) is 0 Å². The number of para-hydroxylation sites is 4. The van der Waals surface area contributed by atoms with Gasteiger partial charge in [-0.2, -0.15) is 9.15 Å². The highest BCUT2D eigenvalue weighted by molar-refractivity contribution is 6.04. The molecule has 54 heavy (non-hydrogen) atoms. The molecule has 4 aromatic rings. The molecule has 0 amide bonds. The van der Waals surface area contributed by atoms with Crippen molar-refractivity contribution in [2.75, 3.05) is 37.0 Å². The summed E-state index contributed by atoms with van der Waals surface area (Å²) in [6, 6.07) is 35.6. The first-order valence-electron chi connectivity index (χ1n) is 19.6. The first-order chi connectivity index (χ1) is 25.7. The summed E-state index contributed by atoms with van der Waals surface area (Å²) in [7, 11) is 4.39. The first kappa shape index (κ1) is 35.8. The van der Waals surface area contributed by atoms with Gasteiger partial charge >= 0.3 is 0 Å². The van der Waals surface area contributed by atoms with Gasteiger partial charge in [0.25, 0.3) is 0 Å². The second-order valence-electron chi connectivity index (χ2n) is 17.6. The molecule has 0 saturated heterocycles. The number of fused-ring (bicyclic) bond motifs is 4. The number of rotatable bonds is 7. The van der Waals surface area contributed by atoms with Gasteiger partial charge in [0, 0.05) is 82.1 Å². The van der Waals surface area contributed by atoms with Gasteiger partial charge in [0.1, 0.15) is 14.1 Å². The average Bonchev–Trinajstić information content (AvgIpc) is 3.67. The lowest BCUT2D eigenvalue weighted by Crippen LogP contribution is -2.35. The fraction of sp³-hybridized carbons (Fsp3) is 0.320. The zero-order chi connectivity index (χ0) is 38.2. The van der Waals surface area contributed by atoms with Crippen molar-refractivity contribution in [1.82, 2.24) is 0 Å². The molecule has 4 nitrogen and oxygen atoms in total. The van der Waals surface area contributed by atoms with Crippen LogP contribution in [0.25, 0.3) is 0 Å². The normalized spacial score (nSPS) is 21.6. The predicted octanol–water partition coefficient (Wildman–Crippen LogP) is 10.9. The Morgan fingerprint density at radius 2 is 0.778 bits per heavy atom. The van der Waals surface area contributed by atoms with Crippen LogP contribution in [0.15, 0.2) is 145 Å². The molecule has 4 aliphatic heterocycles. The van der Waals surface area contributed by atoms with Gasteiger partial charge in [0.05, 0.1) is 10.8 Å². The van der Waals surface area contributed by atoms with Crippen LogP contribution >= 0.6 is 0 Å². The fourth-order valence-electron chi connectivity index (χ4n) is 10.0. The highest BCUT2D eigenvalue weighted by Gasteiger charge is 2.45. The Morgan fingerprint density at radius 3 is 1.15 bits per heavy atom. The third kappa shape index (κ3) is 5.32. The van der Waals surface area contributed by atoms with Crippen molar-refractivity contribution in [2.24, 2.45) is 0 Å². The second kappa shape index (κ2) is 12.7. The topological polar surface area (TPSA) is 12.5 Å². The van der Waals surface area contributed by atoms with Crippen molar-refractivity contribution in [2.45, 2.75) is 77.0 Å². The average molecular weight is 713 g/mol. The summed E-state index contributed by atoms with van der Waals surface area (Å²) in [5.74, 6) is 0. The van der Waals surface area contributed by atoms with Crippen LogP contribution in [0.5, 0.6) is 0 Å². The van der Waals surface area contributed by atoms with Crippen molar-refractivity contribution in [1.29, 1.82) is 0 Å². The van der Waals surface area contributed by atoms with Crippen LogP contribution in [0.4, 0.5) is 22.7 Å². The monoisotopic (exact) mass is 712 g/mol. The summed E-state index contributed by atoms with van der Waals surface area (Å²) in [6.45, 7) is 20.6. The molecule has 0 unspecified atom stereocenters. The van der Waals surface area contributed by atoms with E-state index in [0.29, 0.717) is 0 Å². The Labute approximate surface area is 323 Å². The van der Waals surface area contributed by atoms with Crippen LogP contribution < -0.4 is 9.80 Å². The zero-order valence-corrected chi connectivity index (χ0v) is 33.9. The van der Waals surface area contributed by atoms with Crippen molar-refractivity contribution >= 4 is 34.2 Å². The minimum atomic E-state index is -0.135. The summed E-state index contributed by atoms with van der Waals surface area (Å²) >= 11 is 0. The minimum Gasteiger partial charge on any atom is -0.342 e. The van der Waals surface area contributed by atoms with Gasteiger partial charge in [0.2, 0.25) is 11.4 Å². The molecule has 4 heteroatoms. The fourth-order valence-corrected chi connectivity index (χ4v) is 10.0. The Hall–Kier alpha value is -5.22. The van der Waals surface area contributed by atoms with E-state index in [9.17, 15) is 0 Å². The molecule has 0 saturated carbocycles. The van der Waals surface area contributed by atoms with E-state index in [1.54, 1.807) is 0 Å². The van der Waals surface area contributed by atoms with Crippen molar-refractivity contribution in [3.8, 4) is 0 Å². The number of nitrogens with zero attached hydrogens (tertiary/aromatic N) is 4. The third-order valence-electron chi connectivity index (χ3n) is 13.0. The molecular formula is C50H56N4+2. The van der Waals surface area contributed by atoms with Gasteiger partial charge < -0.3 is 9.80 Å². The van der Waals surface area contributed by atoms with Gasteiger partial charge in [-0.15, -0.1) is 0 Å². The molecule has 0 N–H and O–H groups in total. The van der Waals surface area contributed by atoms with Gasteiger partial charge in [-0.3, -0.25) is 0 Å². The molecule has 0 aliphatic carbocycles. The molecule has 0 atom stereocenters. The summed E-state index contributed by atoms with van der Waals surface area (Å²) in [6.07, 6.45) is 14.0. The number of hydrogen-bond donors (Lipinski definition) is 0. The largest absolute Gasteiger partial charge is 0.342 e. The van der Waals surface area contributed by atoms with Crippen LogP contribution in [0.3, 0.4) is 0 Å². The molecule has 0 radical (unpaired) electrons. The van der Waals surface area contributed by atoms with E-state index >= 15 is 0 Å². The number of anilines is 2. The summed E-state index contributed by atoms with van der Waals surface area (Å²) in [5.41, 5.74) is 15.6. The van der Waals surface area contributed by atoms with Crippen molar-refractivity contribution in [3.05, 3.63) is 167 Å². The minimum absolute atomic E-state index is 0.0628. The molecule has 4 aromatic carbocycles. The molecule has 0 bridgehead atoms. The Balaban J connectivity index is 1.13. The van der Waals surface area contributed by atoms with Crippen LogP contribution in [0, 0.1) is 0 Å². The number of allylic oxidation sites excluding steroid dienone is 8. The van der Waals surface area contributed by atoms with E-state index in [-0.39, 0.29) is 21.7 Å². The number of benzene rings is 4. The second-order valence-corrected chi connectivity index (χ2v) is 17.6. The van der Waals surface area contributed by atoms with Gasteiger partial charge in [-0.25, -0.2) is 0 Å². The van der Waals surface area contributed by atoms with E-state index in [2.05, 4.69) is 222 Å². The van der Waals surface area contributed by atoms with Crippen LogP contribution in [0.2, 0.25) is 0 Å². The summed E-state index contributed by atoms with van der Waals surface area (Å²) in [5, 5.41) is 0. The van der Waals surface area contributed by atoms with Gasteiger partial charge in [0.15, 0.2) is 11.4 Å². The highest BCUT2D eigenvalue weighted by Crippen LogP contribution is 2.50. The first-order valence-corrected chi connectivity index (χ1v) is 19.6. The highest BCUT2D eigenvalue weighted by atomic mass is 15.2. The Bertz CT molecular complexity index is 2200. The van der Waals surface area contributed by atoms with Crippen LogP contribution in [-0.2, 0) is 21.7 Å². The lowest BCUT2D eigenvalue weighted by molar-refractivity contribution is -0.401. The smallest absolute Gasteiger partial charge is 0.209 e.